The number of nitrogens with zero attached hydrogens (tertiary/aromatic N) is 1. The Balaban J connectivity index is 2.06. The number of carbonyl (C=O) groups excluding carboxylic acids is 1. The molecule has 1 amide bonds. The minimum Gasteiger partial charge on any atom is -0.375 e. The number of rotatable bonds is 1. The van der Waals surface area contributed by atoms with Gasteiger partial charge in [-0.05, 0) is 17.7 Å². The van der Waals surface area contributed by atoms with E-state index in [0.717, 1.165) is 10.4 Å². The minimum atomic E-state index is -0.289. The first-order valence-corrected chi connectivity index (χ1v) is 6.26. The molecular formula is C12H10FN3OS. The van der Waals surface area contributed by atoms with Crippen LogP contribution in [0.4, 0.5) is 15.3 Å². The van der Waals surface area contributed by atoms with E-state index < -0.39 is 0 Å². The number of nitrogens with one attached hydrogen (secondary N) is 1. The van der Waals surface area contributed by atoms with Crippen LogP contribution in [-0.4, -0.2) is 10.9 Å². The van der Waals surface area contributed by atoms with Crippen LogP contribution in [0.3, 0.4) is 0 Å². The number of hydrogen-bond acceptors (Lipinski definition) is 4. The second-order valence-electron chi connectivity index (χ2n) is 4.12. The van der Waals surface area contributed by atoms with E-state index in [9.17, 15) is 9.18 Å². The van der Waals surface area contributed by atoms with Gasteiger partial charge in [0.1, 0.15) is 11.6 Å². The number of thiazole rings is 1. The van der Waals surface area contributed by atoms with Gasteiger partial charge in [0, 0.05) is 12.3 Å². The molecule has 1 aromatic carbocycles. The molecule has 1 unspecified atom stereocenters. The standard InChI is InChI=1S/C12H10FN3OS/c13-7-3-1-6(2-4-7)8-5-9(17)15-11-10(8)18-12(14)16-11/h1-4,8H,5H2,(H2,14,16)(H,15,17). The summed E-state index contributed by atoms with van der Waals surface area (Å²) in [6.45, 7) is 0. The Bertz CT molecular complexity index is 608. The average molecular weight is 263 g/mol. The van der Waals surface area contributed by atoms with Crippen molar-refractivity contribution in [2.75, 3.05) is 11.1 Å². The first-order valence-electron chi connectivity index (χ1n) is 5.45. The fraction of sp³-hybridized carbons (Fsp3) is 0.167. The van der Waals surface area contributed by atoms with Gasteiger partial charge in [0.25, 0.3) is 0 Å². The Morgan fingerprint density at radius 3 is 2.83 bits per heavy atom. The Morgan fingerprint density at radius 2 is 2.11 bits per heavy atom. The van der Waals surface area contributed by atoms with Gasteiger partial charge in [-0.25, -0.2) is 9.37 Å². The molecule has 92 valence electrons. The van der Waals surface area contributed by atoms with E-state index >= 15 is 0 Å². The molecule has 2 aromatic rings. The van der Waals surface area contributed by atoms with E-state index in [1.165, 1.54) is 23.5 Å². The largest absolute Gasteiger partial charge is 0.375 e. The number of amides is 1. The fourth-order valence-corrected chi connectivity index (χ4v) is 3.02. The van der Waals surface area contributed by atoms with E-state index in [1.54, 1.807) is 12.1 Å². The van der Waals surface area contributed by atoms with Crippen molar-refractivity contribution in [3.8, 4) is 0 Å². The molecule has 0 bridgehead atoms. The molecular weight excluding hydrogens is 253 g/mol. The molecule has 0 spiro atoms. The van der Waals surface area contributed by atoms with Crippen LogP contribution in [0.5, 0.6) is 0 Å². The number of carbonyl (C=O) groups is 1. The predicted molar refractivity (Wildman–Crippen MR) is 68.0 cm³/mol. The van der Waals surface area contributed by atoms with Crippen LogP contribution in [0.2, 0.25) is 0 Å². The van der Waals surface area contributed by atoms with E-state index in [2.05, 4.69) is 10.3 Å². The number of halogens is 1. The molecule has 0 aliphatic carbocycles. The molecule has 4 nitrogen and oxygen atoms in total. The molecule has 1 aliphatic rings. The first kappa shape index (κ1) is 11.2. The van der Waals surface area contributed by atoms with Crippen LogP contribution in [0.1, 0.15) is 22.8 Å². The molecule has 3 rings (SSSR count). The third kappa shape index (κ3) is 1.84. The van der Waals surface area contributed by atoms with Gasteiger partial charge in [-0.1, -0.05) is 23.5 Å². The minimum absolute atomic E-state index is 0.0934. The summed E-state index contributed by atoms with van der Waals surface area (Å²) in [5.41, 5.74) is 6.56. The zero-order chi connectivity index (χ0) is 12.7. The van der Waals surface area contributed by atoms with Crippen LogP contribution in [0.15, 0.2) is 24.3 Å². The molecule has 18 heavy (non-hydrogen) atoms. The molecule has 3 N–H and O–H groups in total. The summed E-state index contributed by atoms with van der Waals surface area (Å²) < 4.78 is 12.9. The second-order valence-corrected chi connectivity index (χ2v) is 5.18. The van der Waals surface area contributed by atoms with E-state index in [-0.39, 0.29) is 17.6 Å². The number of hydrogen-bond donors (Lipinski definition) is 2. The van der Waals surface area contributed by atoms with Crippen LogP contribution in [0, 0.1) is 5.82 Å². The van der Waals surface area contributed by atoms with Crippen molar-refractivity contribution in [1.29, 1.82) is 0 Å². The van der Waals surface area contributed by atoms with Crippen molar-refractivity contribution >= 4 is 28.2 Å². The number of nitrogens with two attached hydrogens (primary N) is 1. The molecule has 0 fully saturated rings. The van der Waals surface area contributed by atoms with E-state index in [1.807, 2.05) is 0 Å². The van der Waals surface area contributed by atoms with Crippen molar-refractivity contribution in [2.24, 2.45) is 0 Å². The maximum Gasteiger partial charge on any atom is 0.226 e. The zero-order valence-electron chi connectivity index (χ0n) is 9.31. The summed E-state index contributed by atoms with van der Waals surface area (Å²) in [7, 11) is 0. The Morgan fingerprint density at radius 1 is 1.39 bits per heavy atom. The number of nitrogen functional groups attached to an aromatic ring is 1. The molecule has 0 saturated heterocycles. The van der Waals surface area contributed by atoms with Crippen molar-refractivity contribution < 1.29 is 9.18 Å². The maximum atomic E-state index is 12.9. The van der Waals surface area contributed by atoms with Crippen LogP contribution >= 0.6 is 11.3 Å². The number of aromatic nitrogens is 1. The van der Waals surface area contributed by atoms with Gasteiger partial charge in [0.15, 0.2) is 5.13 Å². The molecule has 1 aromatic heterocycles. The number of anilines is 2. The highest BCUT2D eigenvalue weighted by molar-refractivity contribution is 7.16. The highest BCUT2D eigenvalue weighted by Crippen LogP contribution is 2.41. The highest BCUT2D eigenvalue weighted by Gasteiger charge is 2.29. The normalized spacial score (nSPS) is 18.3. The van der Waals surface area contributed by atoms with Crippen LogP contribution in [-0.2, 0) is 4.79 Å². The van der Waals surface area contributed by atoms with Crippen molar-refractivity contribution in [3.63, 3.8) is 0 Å². The van der Waals surface area contributed by atoms with Crippen LogP contribution in [0.25, 0.3) is 0 Å². The van der Waals surface area contributed by atoms with Crippen LogP contribution < -0.4 is 11.1 Å². The van der Waals surface area contributed by atoms with Gasteiger partial charge in [-0.3, -0.25) is 4.79 Å². The van der Waals surface area contributed by atoms with Gasteiger partial charge < -0.3 is 11.1 Å². The Labute approximate surface area is 107 Å². The summed E-state index contributed by atoms with van der Waals surface area (Å²) in [4.78, 5) is 16.6. The van der Waals surface area contributed by atoms with E-state index in [0.29, 0.717) is 17.4 Å². The third-order valence-electron chi connectivity index (χ3n) is 2.91. The summed E-state index contributed by atoms with van der Waals surface area (Å²) >= 11 is 1.36. The van der Waals surface area contributed by atoms with Gasteiger partial charge in [-0.2, -0.15) is 0 Å². The second kappa shape index (κ2) is 4.06. The quantitative estimate of drug-likeness (QED) is 0.829. The molecule has 0 saturated carbocycles. The lowest BCUT2D eigenvalue weighted by Gasteiger charge is -2.21. The summed E-state index contributed by atoms with van der Waals surface area (Å²) in [5, 5.41) is 3.12. The molecule has 6 heteroatoms. The Kier molecular flexibility index (Phi) is 2.52. The summed E-state index contributed by atoms with van der Waals surface area (Å²) in [6.07, 6.45) is 0.334. The first-order chi connectivity index (χ1) is 8.63. The SMILES string of the molecule is Nc1nc2c(s1)C(c1ccc(F)cc1)CC(=O)N2. The van der Waals surface area contributed by atoms with Crippen molar-refractivity contribution in [3.05, 3.63) is 40.5 Å². The fourth-order valence-electron chi connectivity index (χ4n) is 2.10. The van der Waals surface area contributed by atoms with Crippen molar-refractivity contribution in [1.82, 2.24) is 4.98 Å². The van der Waals surface area contributed by atoms with Crippen molar-refractivity contribution in [2.45, 2.75) is 12.3 Å². The molecule has 0 radical (unpaired) electrons. The maximum absolute atomic E-state index is 12.9. The lowest BCUT2D eigenvalue weighted by Crippen LogP contribution is -2.22. The monoisotopic (exact) mass is 263 g/mol. The molecule has 2 heterocycles. The lowest BCUT2D eigenvalue weighted by molar-refractivity contribution is -0.116. The van der Waals surface area contributed by atoms with Gasteiger partial charge in [0.2, 0.25) is 5.91 Å². The lowest BCUT2D eigenvalue weighted by atomic mass is 9.92. The topological polar surface area (TPSA) is 68.0 Å². The number of benzene rings is 1. The van der Waals surface area contributed by atoms with Gasteiger partial charge in [-0.15, -0.1) is 0 Å². The molecule has 1 atom stereocenters. The third-order valence-corrected chi connectivity index (χ3v) is 3.90. The summed E-state index contributed by atoms with van der Waals surface area (Å²) in [5.74, 6) is 0.0532. The van der Waals surface area contributed by atoms with E-state index in [4.69, 9.17) is 5.73 Å². The average Bonchev–Trinajstić information content (AvgIpc) is 2.69. The number of fused-ring (bicyclic) bond motifs is 1. The zero-order valence-corrected chi connectivity index (χ0v) is 10.1. The predicted octanol–water partition coefficient (Wildman–Crippen LogP) is 2.34. The van der Waals surface area contributed by atoms with Gasteiger partial charge in [0.05, 0.1) is 4.88 Å². The smallest absolute Gasteiger partial charge is 0.226 e. The Hall–Kier alpha value is -1.95. The van der Waals surface area contributed by atoms with Gasteiger partial charge >= 0.3 is 0 Å². The molecule has 1 aliphatic heterocycles. The highest BCUT2D eigenvalue weighted by atomic mass is 32.1. The summed E-state index contributed by atoms with van der Waals surface area (Å²) in [6, 6.07) is 6.18.